The van der Waals surface area contributed by atoms with Crippen LogP contribution in [0.2, 0.25) is 0 Å². The maximum atomic E-state index is 6.67. The van der Waals surface area contributed by atoms with Crippen molar-refractivity contribution >= 4 is 74.9 Å². The van der Waals surface area contributed by atoms with Gasteiger partial charge in [0.05, 0.1) is 26.4 Å². The smallest absolute Gasteiger partial charge is 0.169 e. The Hall–Kier alpha value is -4.36. The van der Waals surface area contributed by atoms with Crippen LogP contribution >= 0.6 is 31.9 Å². The molecule has 0 saturated heterocycles. The van der Waals surface area contributed by atoms with Gasteiger partial charge in [-0.2, -0.15) is 0 Å². The van der Waals surface area contributed by atoms with Crippen LogP contribution < -0.4 is 18.9 Å². The number of rotatable bonds is 24. The van der Waals surface area contributed by atoms with Gasteiger partial charge in [-0.05, 0) is 139 Å². The molecule has 67 heavy (non-hydrogen) atoms. The number of hydrogen-bond donors (Lipinski definition) is 0. The maximum Gasteiger partial charge on any atom is 0.169 e. The topological polar surface area (TPSA) is 36.9 Å². The Labute approximate surface area is 417 Å². The molecule has 0 atom stereocenters. The average Bonchev–Trinajstić information content (AvgIpc) is 3.31. The summed E-state index contributed by atoms with van der Waals surface area (Å²) in [4.78, 5) is 0. The minimum Gasteiger partial charge on any atom is -0.489 e. The Morgan fingerprint density at radius 1 is 0.373 bits per heavy atom. The third-order valence-electron chi connectivity index (χ3n) is 13.9. The molecule has 4 nitrogen and oxygen atoms in total. The molecule has 2 bridgehead atoms. The van der Waals surface area contributed by atoms with Gasteiger partial charge in [0.25, 0.3) is 0 Å². The molecule has 6 heteroatoms. The van der Waals surface area contributed by atoms with E-state index in [0.717, 1.165) is 131 Å². The molecule has 3 saturated carbocycles. The number of unbranched alkanes of at least 4 members (excludes halogenated alkanes) is 12. The lowest BCUT2D eigenvalue weighted by molar-refractivity contribution is -0.113. The van der Waals surface area contributed by atoms with E-state index in [9.17, 15) is 0 Å². The van der Waals surface area contributed by atoms with Gasteiger partial charge >= 0.3 is 0 Å². The van der Waals surface area contributed by atoms with Crippen molar-refractivity contribution in [3.63, 3.8) is 0 Å². The van der Waals surface area contributed by atoms with Crippen molar-refractivity contribution in [2.75, 3.05) is 26.4 Å². The molecule has 3 fully saturated rings. The number of benzene rings is 6. The van der Waals surface area contributed by atoms with Gasteiger partial charge in [0.2, 0.25) is 0 Å². The average molecular weight is 1030 g/mol. The van der Waals surface area contributed by atoms with Gasteiger partial charge < -0.3 is 18.9 Å². The van der Waals surface area contributed by atoms with Gasteiger partial charge in [-0.15, -0.1) is 0 Å². The molecule has 352 valence electrons. The fraction of sp³-hybridized carbons (Fsp3) is 0.475. The normalized spacial score (nSPS) is 17.1. The van der Waals surface area contributed by atoms with Crippen molar-refractivity contribution in [3.8, 4) is 46.7 Å². The molecule has 0 unspecified atom stereocenters. The third kappa shape index (κ3) is 11.6. The van der Waals surface area contributed by atoms with Crippen molar-refractivity contribution in [1.29, 1.82) is 0 Å². The van der Waals surface area contributed by atoms with Gasteiger partial charge in [0.1, 0.15) is 0 Å². The second-order valence-corrected chi connectivity index (χ2v) is 21.3. The van der Waals surface area contributed by atoms with Crippen molar-refractivity contribution < 1.29 is 18.9 Å². The minimum atomic E-state index is 0.0408. The minimum absolute atomic E-state index is 0.0408. The highest BCUT2D eigenvalue weighted by atomic mass is 79.9. The van der Waals surface area contributed by atoms with Gasteiger partial charge in [0.15, 0.2) is 23.0 Å². The molecule has 0 N–H and O–H groups in total. The predicted octanol–water partition coefficient (Wildman–Crippen LogP) is 18.2. The molecule has 0 radical (unpaired) electrons. The summed E-state index contributed by atoms with van der Waals surface area (Å²) in [5.41, 5.74) is 2.15. The summed E-state index contributed by atoms with van der Waals surface area (Å²) in [6.07, 6.45) is 21.6. The first-order chi connectivity index (χ1) is 32.8. The van der Waals surface area contributed by atoms with Gasteiger partial charge in [0, 0.05) is 52.4 Å². The molecule has 3 aliphatic carbocycles. The largest absolute Gasteiger partial charge is 0.489 e. The molecule has 0 heterocycles. The Morgan fingerprint density at radius 3 is 0.985 bits per heavy atom. The van der Waals surface area contributed by atoms with Crippen molar-refractivity contribution in [2.24, 2.45) is 10.8 Å². The second-order valence-electron chi connectivity index (χ2n) is 19.4. The lowest BCUT2D eigenvalue weighted by Gasteiger charge is -2.65. The molecular formula is C61H70Br2O4. The Kier molecular flexibility index (Phi) is 17.1. The maximum absolute atomic E-state index is 6.67. The molecule has 9 rings (SSSR count). The molecular weight excluding hydrogens is 956 g/mol. The summed E-state index contributed by atoms with van der Waals surface area (Å²) < 4.78 is 28.7. The number of ether oxygens (including phenoxy) is 4. The molecule has 0 amide bonds. The van der Waals surface area contributed by atoms with Crippen LogP contribution in [0.4, 0.5) is 0 Å². The van der Waals surface area contributed by atoms with Crippen molar-refractivity contribution in [3.05, 3.63) is 92.9 Å². The van der Waals surface area contributed by atoms with Crippen LogP contribution in [0, 0.1) is 34.5 Å². The molecule has 3 aliphatic rings. The van der Waals surface area contributed by atoms with Crippen LogP contribution in [0.1, 0.15) is 161 Å². The predicted molar refractivity (Wildman–Crippen MR) is 289 cm³/mol. The van der Waals surface area contributed by atoms with E-state index < -0.39 is 0 Å². The van der Waals surface area contributed by atoms with Gasteiger partial charge in [-0.25, -0.2) is 0 Å². The zero-order chi connectivity index (χ0) is 46.6. The molecule has 0 aromatic heterocycles. The highest BCUT2D eigenvalue weighted by Crippen LogP contribution is 2.72. The SMILES string of the molecule is CCCCCCOc1c(OCCCCCC)c2ccc(C#CC34CC(C#Cc5ccc6c(OCCCCCC)c(OCCCCCC)c7ccc(Br)cc7c6c5)(C3)C4)cc2c2cc(Br)ccc12. The van der Waals surface area contributed by atoms with Gasteiger partial charge in [-0.3, -0.25) is 0 Å². The monoisotopic (exact) mass is 1020 g/mol. The fourth-order valence-electron chi connectivity index (χ4n) is 10.3. The first-order valence-electron chi connectivity index (χ1n) is 25.8. The van der Waals surface area contributed by atoms with E-state index in [1.54, 1.807) is 0 Å². The van der Waals surface area contributed by atoms with E-state index in [2.05, 4.69) is 156 Å². The zero-order valence-electron chi connectivity index (χ0n) is 40.6. The van der Waals surface area contributed by atoms with E-state index in [1.165, 1.54) is 77.0 Å². The Balaban J connectivity index is 1.03. The fourth-order valence-corrected chi connectivity index (χ4v) is 11.0. The standard InChI is InChI=1S/C61H70Br2O4/c1-5-9-13-17-33-64-56-48-25-21-44(37-52(48)54-39-46(62)23-27-50(54)58(56)66-35-19-15-11-7-3)29-31-60-41-61(42-60,43-60)32-30-45-22-26-49-53(38-45)55-40-47(63)24-28-51(55)59(67-36-20-16-12-8-4)57(49)65-34-18-14-10-6-2/h21-28,37-40H,5-20,33-36,41-43H2,1-4H3. The summed E-state index contributed by atoms with van der Waals surface area (Å²) in [6.45, 7) is 11.7. The summed E-state index contributed by atoms with van der Waals surface area (Å²) in [6, 6.07) is 26.3. The molecule has 0 spiro atoms. The number of hydrogen-bond acceptors (Lipinski definition) is 4. The van der Waals surface area contributed by atoms with Crippen LogP contribution in [-0.2, 0) is 0 Å². The first kappa shape index (κ1) is 49.1. The molecule has 6 aromatic carbocycles. The zero-order valence-corrected chi connectivity index (χ0v) is 43.8. The summed E-state index contributed by atoms with van der Waals surface area (Å²) in [7, 11) is 0. The number of halogens is 2. The van der Waals surface area contributed by atoms with Crippen molar-refractivity contribution in [2.45, 2.75) is 150 Å². The summed E-state index contributed by atoms with van der Waals surface area (Å²) in [5, 5.41) is 8.96. The molecule has 0 aliphatic heterocycles. The Morgan fingerprint density at radius 2 is 0.672 bits per heavy atom. The van der Waals surface area contributed by atoms with Crippen LogP contribution in [0.15, 0.2) is 81.7 Å². The van der Waals surface area contributed by atoms with Crippen LogP contribution in [0.3, 0.4) is 0 Å². The third-order valence-corrected chi connectivity index (χ3v) is 14.9. The van der Waals surface area contributed by atoms with E-state index >= 15 is 0 Å². The van der Waals surface area contributed by atoms with E-state index in [-0.39, 0.29) is 10.8 Å². The Bertz CT molecular complexity index is 2590. The van der Waals surface area contributed by atoms with Crippen LogP contribution in [-0.4, -0.2) is 26.4 Å². The van der Waals surface area contributed by atoms with Gasteiger partial charge in [-0.1, -0.05) is 160 Å². The lowest BCUT2D eigenvalue weighted by Crippen LogP contribution is -2.60. The molecule has 6 aromatic rings. The van der Waals surface area contributed by atoms with Crippen LogP contribution in [0.5, 0.6) is 23.0 Å². The second kappa shape index (κ2) is 23.3. The van der Waals surface area contributed by atoms with Crippen molar-refractivity contribution in [1.82, 2.24) is 0 Å². The lowest BCUT2D eigenvalue weighted by atomic mass is 9.36. The number of fused-ring (bicyclic) bond motifs is 6. The summed E-state index contributed by atoms with van der Waals surface area (Å²) in [5.74, 6) is 18.2. The first-order valence-corrected chi connectivity index (χ1v) is 27.3. The van der Waals surface area contributed by atoms with E-state index in [0.29, 0.717) is 26.4 Å². The highest BCUT2D eigenvalue weighted by molar-refractivity contribution is 9.10. The highest BCUT2D eigenvalue weighted by Gasteiger charge is 2.66. The summed E-state index contributed by atoms with van der Waals surface area (Å²) >= 11 is 7.54. The quantitative estimate of drug-likeness (QED) is 0.0344. The van der Waals surface area contributed by atoms with E-state index in [1.807, 2.05) is 0 Å². The van der Waals surface area contributed by atoms with E-state index in [4.69, 9.17) is 18.9 Å². The van der Waals surface area contributed by atoms with Crippen LogP contribution in [0.25, 0.3) is 43.1 Å².